The smallest absolute Gasteiger partial charge is 0.254 e. The fourth-order valence-electron chi connectivity index (χ4n) is 3.51. The summed E-state index contributed by atoms with van der Waals surface area (Å²) in [7, 11) is 0. The number of benzene rings is 1. The van der Waals surface area contributed by atoms with Crippen molar-refractivity contribution in [2.75, 3.05) is 6.54 Å². The fraction of sp³-hybridized carbons (Fsp3) is 0.421. The van der Waals surface area contributed by atoms with E-state index in [0.29, 0.717) is 12.6 Å². The van der Waals surface area contributed by atoms with E-state index in [2.05, 4.69) is 25.4 Å². The van der Waals surface area contributed by atoms with E-state index in [0.717, 1.165) is 29.3 Å². The molecule has 0 bridgehead atoms. The molecule has 1 heterocycles. The molecule has 0 saturated heterocycles. The molecule has 0 unspecified atom stereocenters. The molecule has 1 aromatic heterocycles. The lowest BCUT2D eigenvalue weighted by molar-refractivity contribution is 0.0706. The number of carbonyl (C=O) groups excluding carboxylic acids is 1. The Kier molecular flexibility index (Phi) is 4.06. The minimum Gasteiger partial charge on any atom is -0.358 e. The number of carbonyl (C=O) groups is 1. The summed E-state index contributed by atoms with van der Waals surface area (Å²) in [6, 6.07) is 6.35. The minimum atomic E-state index is 0.131. The molecule has 2 aromatic rings. The summed E-state index contributed by atoms with van der Waals surface area (Å²) in [5.41, 5.74) is 4.27. The Hall–Kier alpha value is -2.03. The summed E-state index contributed by atoms with van der Waals surface area (Å²) in [6.07, 6.45) is 6.51. The van der Waals surface area contributed by atoms with Gasteiger partial charge in [0.05, 0.1) is 0 Å². The van der Waals surface area contributed by atoms with E-state index in [1.165, 1.54) is 24.1 Å². The van der Waals surface area contributed by atoms with E-state index < -0.39 is 0 Å². The number of fused-ring (bicyclic) bond motifs is 1. The number of aromatic amines is 1. The minimum absolute atomic E-state index is 0.131. The molecule has 1 aliphatic carbocycles. The Morgan fingerprint density at radius 1 is 1.36 bits per heavy atom. The molecule has 3 nitrogen and oxygen atoms in total. The van der Waals surface area contributed by atoms with Crippen LogP contribution in [0.2, 0.25) is 0 Å². The van der Waals surface area contributed by atoms with Crippen LogP contribution in [-0.2, 0) is 0 Å². The van der Waals surface area contributed by atoms with E-state index in [1.807, 2.05) is 29.2 Å². The SMILES string of the molecule is C=CCN(C(=O)c1ccc2[nH]c(C)c(C)c2c1)C1CCCC1. The van der Waals surface area contributed by atoms with Crippen molar-refractivity contribution in [3.63, 3.8) is 0 Å². The number of nitrogens with one attached hydrogen (secondary N) is 1. The highest BCUT2D eigenvalue weighted by molar-refractivity contribution is 5.99. The normalized spacial score (nSPS) is 15.4. The Balaban J connectivity index is 1.95. The average molecular weight is 296 g/mol. The molecular weight excluding hydrogens is 272 g/mol. The van der Waals surface area contributed by atoms with Gasteiger partial charge in [-0.05, 0) is 50.5 Å². The lowest BCUT2D eigenvalue weighted by Gasteiger charge is -2.28. The molecule has 0 aliphatic heterocycles. The van der Waals surface area contributed by atoms with Crippen molar-refractivity contribution in [2.45, 2.75) is 45.6 Å². The second kappa shape index (κ2) is 5.99. The maximum Gasteiger partial charge on any atom is 0.254 e. The van der Waals surface area contributed by atoms with E-state index in [4.69, 9.17) is 0 Å². The van der Waals surface area contributed by atoms with Crippen LogP contribution in [0.15, 0.2) is 30.9 Å². The highest BCUT2D eigenvalue weighted by atomic mass is 16.2. The first-order valence-corrected chi connectivity index (χ1v) is 8.12. The van der Waals surface area contributed by atoms with Crippen LogP contribution in [0.25, 0.3) is 10.9 Å². The molecule has 1 fully saturated rings. The summed E-state index contributed by atoms with van der Waals surface area (Å²) in [5.74, 6) is 0.131. The maximum absolute atomic E-state index is 13.0. The molecule has 3 rings (SSSR count). The van der Waals surface area contributed by atoms with Crippen LogP contribution >= 0.6 is 0 Å². The molecule has 1 aromatic carbocycles. The van der Waals surface area contributed by atoms with Gasteiger partial charge < -0.3 is 9.88 Å². The molecule has 0 radical (unpaired) electrons. The van der Waals surface area contributed by atoms with E-state index in [1.54, 1.807) is 0 Å². The van der Waals surface area contributed by atoms with Gasteiger partial charge in [-0.2, -0.15) is 0 Å². The second-order valence-electron chi connectivity index (χ2n) is 6.32. The molecule has 1 N–H and O–H groups in total. The first-order valence-electron chi connectivity index (χ1n) is 8.12. The molecule has 22 heavy (non-hydrogen) atoms. The lowest BCUT2D eigenvalue weighted by Crippen LogP contribution is -2.38. The van der Waals surface area contributed by atoms with Gasteiger partial charge in [0.2, 0.25) is 0 Å². The van der Waals surface area contributed by atoms with Gasteiger partial charge >= 0.3 is 0 Å². The van der Waals surface area contributed by atoms with Gasteiger partial charge in [-0.15, -0.1) is 6.58 Å². The van der Waals surface area contributed by atoms with Gasteiger partial charge in [0.1, 0.15) is 0 Å². The average Bonchev–Trinajstić information content (AvgIpc) is 3.14. The van der Waals surface area contributed by atoms with E-state index in [9.17, 15) is 4.79 Å². The van der Waals surface area contributed by atoms with Crippen molar-refractivity contribution in [3.05, 3.63) is 47.7 Å². The largest absolute Gasteiger partial charge is 0.358 e. The monoisotopic (exact) mass is 296 g/mol. The number of hydrogen-bond acceptors (Lipinski definition) is 1. The van der Waals surface area contributed by atoms with Crippen LogP contribution in [-0.4, -0.2) is 28.4 Å². The van der Waals surface area contributed by atoms with Crippen molar-refractivity contribution < 1.29 is 4.79 Å². The molecule has 0 atom stereocenters. The predicted molar refractivity (Wildman–Crippen MR) is 91.3 cm³/mol. The predicted octanol–water partition coefficient (Wildman–Crippen LogP) is 4.36. The topological polar surface area (TPSA) is 36.1 Å². The number of rotatable bonds is 4. The number of aryl methyl sites for hydroxylation is 2. The third-order valence-corrected chi connectivity index (χ3v) is 4.91. The zero-order chi connectivity index (χ0) is 15.7. The third kappa shape index (κ3) is 2.56. The lowest BCUT2D eigenvalue weighted by atomic mass is 10.1. The van der Waals surface area contributed by atoms with Gasteiger partial charge in [-0.1, -0.05) is 18.9 Å². The summed E-state index contributed by atoms with van der Waals surface area (Å²) in [5, 5.41) is 1.15. The fourth-order valence-corrected chi connectivity index (χ4v) is 3.51. The van der Waals surface area contributed by atoms with Crippen molar-refractivity contribution >= 4 is 16.8 Å². The maximum atomic E-state index is 13.0. The van der Waals surface area contributed by atoms with Gasteiger partial charge in [0.15, 0.2) is 0 Å². The van der Waals surface area contributed by atoms with Crippen LogP contribution in [0.5, 0.6) is 0 Å². The summed E-state index contributed by atoms with van der Waals surface area (Å²) in [6.45, 7) is 8.62. The third-order valence-electron chi connectivity index (χ3n) is 4.91. The van der Waals surface area contributed by atoms with Crippen LogP contribution in [0.1, 0.15) is 47.3 Å². The van der Waals surface area contributed by atoms with Crippen LogP contribution in [0.3, 0.4) is 0 Å². The molecule has 1 saturated carbocycles. The van der Waals surface area contributed by atoms with E-state index >= 15 is 0 Å². The molecule has 3 heteroatoms. The number of hydrogen-bond donors (Lipinski definition) is 1. The number of H-pyrrole nitrogens is 1. The first-order chi connectivity index (χ1) is 10.6. The highest BCUT2D eigenvalue weighted by Crippen LogP contribution is 2.27. The number of amides is 1. The van der Waals surface area contributed by atoms with Gasteiger partial charge in [0.25, 0.3) is 5.91 Å². The standard InChI is InChI=1S/C19H24N2O/c1-4-11-21(16-7-5-6-8-16)19(22)15-9-10-18-17(12-15)13(2)14(3)20-18/h4,9-10,12,16,20H,1,5-8,11H2,2-3H3. The van der Waals surface area contributed by atoms with Crippen LogP contribution in [0, 0.1) is 13.8 Å². The van der Waals surface area contributed by atoms with Crippen LogP contribution < -0.4 is 0 Å². The van der Waals surface area contributed by atoms with Crippen molar-refractivity contribution in [1.29, 1.82) is 0 Å². The summed E-state index contributed by atoms with van der Waals surface area (Å²) in [4.78, 5) is 18.3. The van der Waals surface area contributed by atoms with Crippen molar-refractivity contribution in [1.82, 2.24) is 9.88 Å². The van der Waals surface area contributed by atoms with Gasteiger partial charge in [-0.3, -0.25) is 4.79 Å². The van der Waals surface area contributed by atoms with Crippen LogP contribution in [0.4, 0.5) is 0 Å². The Morgan fingerprint density at radius 2 is 2.09 bits per heavy atom. The molecule has 116 valence electrons. The molecular formula is C19H24N2O. The van der Waals surface area contributed by atoms with Gasteiger partial charge in [0, 0.05) is 34.7 Å². The summed E-state index contributed by atoms with van der Waals surface area (Å²) < 4.78 is 0. The molecule has 1 aliphatic rings. The van der Waals surface area contributed by atoms with Gasteiger partial charge in [-0.25, -0.2) is 0 Å². The Bertz CT molecular complexity index is 708. The van der Waals surface area contributed by atoms with Crippen molar-refractivity contribution in [3.8, 4) is 0 Å². The first kappa shape index (κ1) is 14.9. The second-order valence-corrected chi connectivity index (χ2v) is 6.32. The number of aromatic nitrogens is 1. The molecule has 0 spiro atoms. The van der Waals surface area contributed by atoms with E-state index in [-0.39, 0.29) is 5.91 Å². The Labute approximate surface area is 132 Å². The number of nitrogens with zero attached hydrogens (tertiary/aromatic N) is 1. The molecule has 1 amide bonds. The van der Waals surface area contributed by atoms with Crippen molar-refractivity contribution in [2.24, 2.45) is 0 Å². The quantitative estimate of drug-likeness (QED) is 0.836. The Morgan fingerprint density at radius 3 is 2.77 bits per heavy atom. The zero-order valence-corrected chi connectivity index (χ0v) is 13.5. The highest BCUT2D eigenvalue weighted by Gasteiger charge is 2.26. The summed E-state index contributed by atoms with van der Waals surface area (Å²) >= 11 is 0. The zero-order valence-electron chi connectivity index (χ0n) is 13.5.